The molecule has 2 N–H and O–H groups in total. The van der Waals surface area contributed by atoms with Crippen LogP contribution in [0.3, 0.4) is 0 Å². The van der Waals surface area contributed by atoms with Crippen LogP contribution in [0.5, 0.6) is 0 Å². The van der Waals surface area contributed by atoms with E-state index >= 15 is 0 Å². The number of nitrogens with one attached hydrogen (secondary N) is 2. The number of carbonyl (C=O) groups excluding carboxylic acids is 2. The molecule has 4 aromatic rings. The van der Waals surface area contributed by atoms with E-state index < -0.39 is 0 Å². The van der Waals surface area contributed by atoms with Gasteiger partial charge in [0, 0.05) is 26.0 Å². The van der Waals surface area contributed by atoms with Crippen molar-refractivity contribution >= 4 is 60.5 Å². The van der Waals surface area contributed by atoms with Crippen molar-refractivity contribution in [3.63, 3.8) is 0 Å². The summed E-state index contributed by atoms with van der Waals surface area (Å²) in [5.74, 6) is 0.179. The predicted molar refractivity (Wildman–Crippen MR) is 140 cm³/mol. The number of thiophene rings is 1. The van der Waals surface area contributed by atoms with Crippen molar-refractivity contribution in [2.75, 3.05) is 10.6 Å². The molecule has 6 heteroatoms. The van der Waals surface area contributed by atoms with Crippen molar-refractivity contribution in [2.24, 2.45) is 5.92 Å². The van der Waals surface area contributed by atoms with Crippen molar-refractivity contribution in [1.82, 2.24) is 0 Å². The Morgan fingerprint density at radius 2 is 1.70 bits per heavy atom. The monoisotopic (exact) mass is 518 g/mol. The third kappa shape index (κ3) is 4.45. The van der Waals surface area contributed by atoms with E-state index in [1.54, 1.807) is 12.1 Å². The molecule has 0 aliphatic heterocycles. The van der Waals surface area contributed by atoms with Crippen molar-refractivity contribution in [3.8, 4) is 0 Å². The van der Waals surface area contributed by atoms with Gasteiger partial charge in [-0.15, -0.1) is 11.3 Å². The van der Waals surface area contributed by atoms with Gasteiger partial charge in [-0.2, -0.15) is 0 Å². The molecule has 1 atom stereocenters. The quantitative estimate of drug-likeness (QED) is 0.297. The van der Waals surface area contributed by atoms with Crippen LogP contribution in [0.15, 0.2) is 71.2 Å². The van der Waals surface area contributed by atoms with Gasteiger partial charge in [0.1, 0.15) is 5.00 Å². The summed E-state index contributed by atoms with van der Waals surface area (Å²) in [5.41, 5.74) is 2.99. The van der Waals surface area contributed by atoms with E-state index in [0.29, 0.717) is 22.0 Å². The number of fused-ring (bicyclic) bond motifs is 2. The summed E-state index contributed by atoms with van der Waals surface area (Å²) in [5, 5.41) is 8.83. The fourth-order valence-corrected chi connectivity index (χ4v) is 6.04. The summed E-state index contributed by atoms with van der Waals surface area (Å²) in [6.45, 7) is 2.23. The molecule has 4 nitrogen and oxygen atoms in total. The Kier molecular flexibility index (Phi) is 6.04. The van der Waals surface area contributed by atoms with Gasteiger partial charge in [0.15, 0.2) is 0 Å². The minimum Gasteiger partial charge on any atom is -0.321 e. The molecule has 0 saturated heterocycles. The lowest BCUT2D eigenvalue weighted by Crippen LogP contribution is -2.19. The first-order valence-corrected chi connectivity index (χ1v) is 12.6. The first-order chi connectivity index (χ1) is 16.0. The Labute approximate surface area is 205 Å². The van der Waals surface area contributed by atoms with Crippen LogP contribution in [0.25, 0.3) is 10.8 Å². The lowest BCUT2D eigenvalue weighted by molar-refractivity contribution is 0.102. The molecule has 2 amide bonds. The summed E-state index contributed by atoms with van der Waals surface area (Å²) in [6, 6.07) is 21.1. The van der Waals surface area contributed by atoms with Crippen LogP contribution in [0.4, 0.5) is 10.7 Å². The maximum absolute atomic E-state index is 13.6. The fraction of sp³-hybridized carbons (Fsp3) is 0.185. The summed E-state index contributed by atoms with van der Waals surface area (Å²) in [7, 11) is 0. The minimum atomic E-state index is -0.214. The molecular weight excluding hydrogens is 496 g/mol. The second-order valence-electron chi connectivity index (χ2n) is 8.50. The lowest BCUT2D eigenvalue weighted by Gasteiger charge is -2.19. The largest absolute Gasteiger partial charge is 0.321 e. The Morgan fingerprint density at radius 3 is 2.52 bits per heavy atom. The average Bonchev–Trinajstić information content (AvgIpc) is 3.16. The zero-order chi connectivity index (χ0) is 22.9. The van der Waals surface area contributed by atoms with E-state index in [-0.39, 0.29) is 11.8 Å². The van der Waals surface area contributed by atoms with Gasteiger partial charge in [-0.1, -0.05) is 59.3 Å². The molecular formula is C27H23BrN2O2S. The van der Waals surface area contributed by atoms with Gasteiger partial charge < -0.3 is 10.6 Å². The van der Waals surface area contributed by atoms with Gasteiger partial charge in [-0.05, 0) is 66.5 Å². The summed E-state index contributed by atoms with van der Waals surface area (Å²) < 4.78 is 0.912. The van der Waals surface area contributed by atoms with E-state index in [4.69, 9.17) is 0 Å². The van der Waals surface area contributed by atoms with E-state index in [9.17, 15) is 9.59 Å². The zero-order valence-electron chi connectivity index (χ0n) is 18.2. The van der Waals surface area contributed by atoms with Crippen LogP contribution in [-0.2, 0) is 12.8 Å². The smallest absolute Gasteiger partial charge is 0.258 e. The van der Waals surface area contributed by atoms with Crippen molar-refractivity contribution in [2.45, 2.75) is 26.2 Å². The molecule has 0 radical (unpaired) electrons. The third-order valence-electron chi connectivity index (χ3n) is 6.11. The highest BCUT2D eigenvalue weighted by atomic mass is 79.9. The molecule has 1 aromatic heterocycles. The van der Waals surface area contributed by atoms with Gasteiger partial charge in [-0.25, -0.2) is 0 Å². The van der Waals surface area contributed by atoms with E-state index in [1.165, 1.54) is 16.2 Å². The van der Waals surface area contributed by atoms with Crippen LogP contribution in [0.1, 0.15) is 44.5 Å². The number of amides is 2. The van der Waals surface area contributed by atoms with Gasteiger partial charge in [0.2, 0.25) is 0 Å². The van der Waals surface area contributed by atoms with Gasteiger partial charge in [0.05, 0.1) is 5.56 Å². The second-order valence-corrected chi connectivity index (χ2v) is 10.5. The van der Waals surface area contributed by atoms with Crippen LogP contribution in [0, 0.1) is 5.92 Å². The number of benzene rings is 3. The van der Waals surface area contributed by atoms with Crippen molar-refractivity contribution < 1.29 is 9.59 Å². The highest BCUT2D eigenvalue weighted by Crippen LogP contribution is 2.40. The second kappa shape index (κ2) is 9.12. The Bertz CT molecular complexity index is 1360. The van der Waals surface area contributed by atoms with Gasteiger partial charge >= 0.3 is 0 Å². The lowest BCUT2D eigenvalue weighted by atomic mass is 9.88. The molecule has 0 bridgehead atoms. The number of anilines is 2. The predicted octanol–water partition coefficient (Wildman–Crippen LogP) is 7.29. The van der Waals surface area contributed by atoms with E-state index in [0.717, 1.165) is 45.8 Å². The van der Waals surface area contributed by atoms with Gasteiger partial charge in [0.25, 0.3) is 11.8 Å². The molecule has 166 valence electrons. The number of halogens is 1. The average molecular weight is 519 g/mol. The van der Waals surface area contributed by atoms with Crippen LogP contribution < -0.4 is 10.6 Å². The maximum Gasteiger partial charge on any atom is 0.258 e. The molecule has 5 rings (SSSR count). The van der Waals surface area contributed by atoms with Crippen LogP contribution in [-0.4, -0.2) is 11.8 Å². The molecule has 0 fully saturated rings. The SMILES string of the molecule is C[C@H]1CCc2c(sc(NC(=O)c3ccc(Br)cc3)c2C(=O)Nc2cccc3ccccc23)C1. The normalized spacial score (nSPS) is 15.2. The van der Waals surface area contributed by atoms with Gasteiger partial charge in [-0.3, -0.25) is 9.59 Å². The van der Waals surface area contributed by atoms with Crippen molar-refractivity contribution in [3.05, 3.63) is 92.8 Å². The molecule has 1 aliphatic carbocycles. The molecule has 0 unspecified atom stereocenters. The first-order valence-electron chi connectivity index (χ1n) is 11.0. The highest BCUT2D eigenvalue weighted by Gasteiger charge is 2.28. The number of carbonyl (C=O) groups is 2. The Morgan fingerprint density at radius 1 is 0.939 bits per heavy atom. The molecule has 0 spiro atoms. The Hall–Kier alpha value is -2.96. The minimum absolute atomic E-state index is 0.176. The van der Waals surface area contributed by atoms with E-state index in [2.05, 4.69) is 33.5 Å². The number of hydrogen-bond donors (Lipinski definition) is 2. The van der Waals surface area contributed by atoms with E-state index in [1.807, 2.05) is 54.6 Å². The number of rotatable bonds is 4. The molecule has 33 heavy (non-hydrogen) atoms. The summed E-state index contributed by atoms with van der Waals surface area (Å²) >= 11 is 4.93. The molecule has 3 aromatic carbocycles. The molecule has 0 saturated carbocycles. The maximum atomic E-state index is 13.6. The van der Waals surface area contributed by atoms with Crippen LogP contribution >= 0.6 is 27.3 Å². The summed E-state index contributed by atoms with van der Waals surface area (Å²) in [4.78, 5) is 27.8. The van der Waals surface area contributed by atoms with Crippen molar-refractivity contribution in [1.29, 1.82) is 0 Å². The summed E-state index contributed by atoms with van der Waals surface area (Å²) in [6.07, 6.45) is 2.82. The first kappa shape index (κ1) is 21.9. The zero-order valence-corrected chi connectivity index (χ0v) is 20.6. The molecule has 1 aliphatic rings. The topological polar surface area (TPSA) is 58.2 Å². The highest BCUT2D eigenvalue weighted by molar-refractivity contribution is 9.10. The number of hydrogen-bond acceptors (Lipinski definition) is 3. The third-order valence-corrected chi connectivity index (χ3v) is 7.81. The standard InChI is InChI=1S/C27H23BrN2O2S/c1-16-9-14-21-23(15-16)33-27(30-25(31)18-10-12-19(28)13-11-18)24(21)26(32)29-22-8-4-6-17-5-2-3-7-20(17)22/h2-8,10-13,16H,9,14-15H2,1H3,(H,29,32)(H,30,31)/t16-/m0/s1. The molecule has 1 heterocycles. The van der Waals surface area contributed by atoms with Crippen LogP contribution in [0.2, 0.25) is 0 Å². The Balaban J connectivity index is 1.50. The fourth-order valence-electron chi connectivity index (χ4n) is 4.37.